The molecule has 1 amide bonds. The second-order valence-corrected chi connectivity index (χ2v) is 7.14. The molecular weight excluding hydrogens is 354 g/mol. The van der Waals surface area contributed by atoms with Gasteiger partial charge in [-0.3, -0.25) is 19.3 Å². The van der Waals surface area contributed by atoms with Crippen molar-refractivity contribution < 1.29 is 9.72 Å². The van der Waals surface area contributed by atoms with Crippen molar-refractivity contribution in [3.05, 3.63) is 64.6 Å². The third kappa shape index (κ3) is 3.83. The highest BCUT2D eigenvalue weighted by molar-refractivity contribution is 8.00. The molecule has 0 saturated heterocycles. The van der Waals surface area contributed by atoms with Crippen molar-refractivity contribution in [1.29, 1.82) is 0 Å². The number of hydrogen-bond acceptors (Lipinski definition) is 6. The summed E-state index contributed by atoms with van der Waals surface area (Å²) in [7, 11) is 0. The number of nitro benzene ring substituents is 1. The van der Waals surface area contributed by atoms with Crippen LogP contribution in [-0.4, -0.2) is 30.7 Å². The quantitative estimate of drug-likeness (QED) is 0.406. The zero-order valence-corrected chi connectivity index (χ0v) is 15.0. The Morgan fingerprint density at radius 3 is 2.62 bits per heavy atom. The third-order valence-corrected chi connectivity index (χ3v) is 4.93. The molecule has 2 unspecified atom stereocenters. The lowest BCUT2D eigenvalue weighted by Gasteiger charge is -2.16. The van der Waals surface area contributed by atoms with Crippen molar-refractivity contribution in [2.24, 2.45) is 0 Å². The molecule has 0 fully saturated rings. The first kappa shape index (κ1) is 17.9. The number of fused-ring (bicyclic) bond motifs is 1. The molecule has 9 heteroatoms. The summed E-state index contributed by atoms with van der Waals surface area (Å²) in [6.45, 7) is 3.64. The van der Waals surface area contributed by atoms with Crippen LogP contribution in [0.5, 0.6) is 0 Å². The summed E-state index contributed by atoms with van der Waals surface area (Å²) in [5, 5.41) is 21.5. The number of nitrogens with zero attached hydrogens (tertiary/aromatic N) is 4. The van der Waals surface area contributed by atoms with Crippen molar-refractivity contribution >= 4 is 29.0 Å². The summed E-state index contributed by atoms with van der Waals surface area (Å²) in [6.07, 6.45) is 1.85. The number of hydrogen-bond donors (Lipinski definition) is 1. The summed E-state index contributed by atoms with van der Waals surface area (Å²) in [5.74, 6) is 0.509. The van der Waals surface area contributed by atoms with E-state index in [-0.39, 0.29) is 22.9 Å². The number of non-ortho nitro benzene ring substituents is 1. The minimum absolute atomic E-state index is 0.0266. The largest absolute Gasteiger partial charge is 0.345 e. The van der Waals surface area contributed by atoms with E-state index in [1.54, 1.807) is 19.1 Å². The molecule has 8 nitrogen and oxygen atoms in total. The lowest BCUT2D eigenvalue weighted by Crippen LogP contribution is -2.33. The van der Waals surface area contributed by atoms with Gasteiger partial charge in [0, 0.05) is 23.2 Å². The summed E-state index contributed by atoms with van der Waals surface area (Å²) in [4.78, 5) is 23.5. The van der Waals surface area contributed by atoms with Crippen molar-refractivity contribution in [2.45, 2.75) is 30.0 Å². The van der Waals surface area contributed by atoms with E-state index in [0.29, 0.717) is 5.82 Å². The fraction of sp³-hybridized carbons (Fsp3) is 0.235. The lowest BCUT2D eigenvalue weighted by molar-refractivity contribution is -0.384. The Bertz CT molecular complexity index is 941. The number of nitro groups is 1. The van der Waals surface area contributed by atoms with Gasteiger partial charge in [0.25, 0.3) is 5.69 Å². The van der Waals surface area contributed by atoms with Crippen LogP contribution in [0.1, 0.15) is 25.7 Å². The Hall–Kier alpha value is -2.94. The van der Waals surface area contributed by atoms with Crippen molar-refractivity contribution in [3.8, 4) is 0 Å². The van der Waals surface area contributed by atoms with Crippen LogP contribution in [0.25, 0.3) is 5.65 Å². The molecular formula is C17H17N5O3S. The molecule has 1 N–H and O–H groups in total. The second-order valence-electron chi connectivity index (χ2n) is 5.73. The van der Waals surface area contributed by atoms with Gasteiger partial charge in [-0.1, -0.05) is 6.07 Å². The second kappa shape index (κ2) is 7.52. The zero-order chi connectivity index (χ0) is 18.7. The smallest absolute Gasteiger partial charge is 0.269 e. The Morgan fingerprint density at radius 1 is 1.19 bits per heavy atom. The van der Waals surface area contributed by atoms with Gasteiger partial charge in [-0.2, -0.15) is 0 Å². The molecule has 0 aliphatic carbocycles. The molecule has 134 valence electrons. The number of carbonyl (C=O) groups is 1. The molecule has 2 heterocycles. The number of aromatic nitrogens is 3. The number of carbonyl (C=O) groups excluding carboxylic acids is 1. The van der Waals surface area contributed by atoms with Gasteiger partial charge < -0.3 is 5.32 Å². The van der Waals surface area contributed by atoms with Gasteiger partial charge in [0.1, 0.15) is 0 Å². The number of amides is 1. The number of benzene rings is 1. The van der Waals surface area contributed by atoms with Crippen molar-refractivity contribution in [2.75, 3.05) is 0 Å². The zero-order valence-electron chi connectivity index (χ0n) is 14.2. The standard InChI is InChI=1S/C17H17N5O3S/c1-11(16-20-19-15-5-3-4-10-21(15)16)18-17(23)12(2)26-14-8-6-13(7-9-14)22(24)25/h3-12H,1-2H3,(H,18,23). The van der Waals surface area contributed by atoms with Crippen LogP contribution in [-0.2, 0) is 4.79 Å². The highest BCUT2D eigenvalue weighted by Gasteiger charge is 2.20. The van der Waals surface area contributed by atoms with Gasteiger partial charge in [-0.25, -0.2) is 0 Å². The summed E-state index contributed by atoms with van der Waals surface area (Å²) in [6, 6.07) is 11.4. The molecule has 0 saturated carbocycles. The Balaban J connectivity index is 1.64. The predicted molar refractivity (Wildman–Crippen MR) is 98.0 cm³/mol. The normalized spacial score (nSPS) is 13.3. The molecule has 0 radical (unpaired) electrons. The van der Waals surface area contributed by atoms with Crippen molar-refractivity contribution in [1.82, 2.24) is 19.9 Å². The Morgan fingerprint density at radius 2 is 1.92 bits per heavy atom. The number of rotatable bonds is 6. The topological polar surface area (TPSA) is 102 Å². The van der Waals surface area contributed by atoms with Crippen LogP contribution >= 0.6 is 11.8 Å². The number of thioether (sulfide) groups is 1. The van der Waals surface area contributed by atoms with Gasteiger partial charge in [-0.05, 0) is 38.1 Å². The first-order valence-corrected chi connectivity index (χ1v) is 8.85. The minimum Gasteiger partial charge on any atom is -0.345 e. The van der Waals surface area contributed by atoms with Gasteiger partial charge in [0.2, 0.25) is 5.91 Å². The average molecular weight is 371 g/mol. The average Bonchev–Trinajstić information content (AvgIpc) is 3.06. The fourth-order valence-corrected chi connectivity index (χ4v) is 3.33. The summed E-state index contributed by atoms with van der Waals surface area (Å²) in [5.41, 5.74) is 0.746. The number of nitrogens with one attached hydrogen (secondary N) is 1. The van der Waals surface area contributed by atoms with Gasteiger partial charge in [-0.15, -0.1) is 22.0 Å². The van der Waals surface area contributed by atoms with Crippen LogP contribution in [0.15, 0.2) is 53.6 Å². The van der Waals surface area contributed by atoms with Crippen LogP contribution in [0, 0.1) is 10.1 Å². The van der Waals surface area contributed by atoms with E-state index in [2.05, 4.69) is 15.5 Å². The highest BCUT2D eigenvalue weighted by atomic mass is 32.2. The van der Waals surface area contributed by atoms with E-state index in [4.69, 9.17) is 0 Å². The van der Waals surface area contributed by atoms with Gasteiger partial charge in [0.05, 0.1) is 16.2 Å². The first-order valence-electron chi connectivity index (χ1n) is 7.97. The fourth-order valence-electron chi connectivity index (χ4n) is 2.45. The number of pyridine rings is 1. The molecule has 0 aliphatic rings. The molecule has 0 bridgehead atoms. The molecule has 1 aromatic carbocycles. The summed E-state index contributed by atoms with van der Waals surface area (Å²) >= 11 is 1.34. The summed E-state index contributed by atoms with van der Waals surface area (Å²) < 4.78 is 1.83. The SMILES string of the molecule is CC(Sc1ccc([N+](=O)[O-])cc1)C(=O)NC(C)c1nnc2ccccn12. The maximum atomic E-state index is 12.5. The van der Waals surface area contributed by atoms with Crippen LogP contribution in [0.2, 0.25) is 0 Å². The Kier molecular flexibility index (Phi) is 5.17. The lowest BCUT2D eigenvalue weighted by atomic mass is 10.3. The van der Waals surface area contributed by atoms with E-state index in [1.807, 2.05) is 35.7 Å². The monoisotopic (exact) mass is 371 g/mol. The Labute approximate surface area is 153 Å². The van der Waals surface area contributed by atoms with Gasteiger partial charge in [0.15, 0.2) is 11.5 Å². The van der Waals surface area contributed by atoms with E-state index in [1.165, 1.54) is 23.9 Å². The molecule has 0 aliphatic heterocycles. The molecule has 3 aromatic rings. The minimum atomic E-state index is -0.449. The van der Waals surface area contributed by atoms with E-state index >= 15 is 0 Å². The van der Waals surface area contributed by atoms with E-state index in [9.17, 15) is 14.9 Å². The molecule has 3 rings (SSSR count). The van der Waals surface area contributed by atoms with E-state index < -0.39 is 4.92 Å². The first-order chi connectivity index (χ1) is 12.5. The highest BCUT2D eigenvalue weighted by Crippen LogP contribution is 2.26. The van der Waals surface area contributed by atoms with Gasteiger partial charge >= 0.3 is 0 Å². The predicted octanol–water partition coefficient (Wildman–Crippen LogP) is 3.00. The van der Waals surface area contributed by atoms with Crippen molar-refractivity contribution in [3.63, 3.8) is 0 Å². The molecule has 2 aromatic heterocycles. The third-order valence-electron chi connectivity index (χ3n) is 3.82. The van der Waals surface area contributed by atoms with Crippen LogP contribution in [0.3, 0.4) is 0 Å². The molecule has 2 atom stereocenters. The maximum Gasteiger partial charge on any atom is 0.269 e. The maximum absolute atomic E-state index is 12.5. The van der Waals surface area contributed by atoms with Crippen LogP contribution in [0.4, 0.5) is 5.69 Å². The molecule has 26 heavy (non-hydrogen) atoms. The molecule has 0 spiro atoms. The van der Waals surface area contributed by atoms with E-state index in [0.717, 1.165) is 10.5 Å². The van der Waals surface area contributed by atoms with Crippen LogP contribution < -0.4 is 5.32 Å².